The van der Waals surface area contributed by atoms with E-state index in [1.165, 1.54) is 57.9 Å². The molecule has 0 saturated heterocycles. The van der Waals surface area contributed by atoms with Crippen LogP contribution >= 0.6 is 0 Å². The summed E-state index contributed by atoms with van der Waals surface area (Å²) in [7, 11) is 0. The molecule has 1 nitrogen and oxygen atoms in total. The Labute approximate surface area is 95.2 Å². The maximum atomic E-state index is 2.83. The summed E-state index contributed by atoms with van der Waals surface area (Å²) in [6.45, 7) is 6.06. The molecule has 15 heavy (non-hydrogen) atoms. The Balaban J connectivity index is 1.88. The van der Waals surface area contributed by atoms with Gasteiger partial charge < -0.3 is 0 Å². The van der Waals surface area contributed by atoms with Gasteiger partial charge >= 0.3 is 0 Å². The average Bonchev–Trinajstić information content (AvgIpc) is 2.75. The molecule has 0 unspecified atom stereocenters. The highest BCUT2D eigenvalue weighted by atomic mass is 15.2. The van der Waals surface area contributed by atoms with Crippen LogP contribution in [0.3, 0.4) is 0 Å². The largest absolute Gasteiger partial charge is 0.298 e. The lowest BCUT2D eigenvalue weighted by Gasteiger charge is -2.39. The van der Waals surface area contributed by atoms with Crippen LogP contribution in [0.4, 0.5) is 0 Å². The standard InChI is InChI=1S/C14H27N/c1-3-15(13-6-4-5-7-13)14-10-8-12(2)9-11-14/h12-14H,3-11H2,1-2H3/t12-,14-. The summed E-state index contributed by atoms with van der Waals surface area (Å²) in [4.78, 5) is 2.83. The highest BCUT2D eigenvalue weighted by Crippen LogP contribution is 2.32. The smallest absolute Gasteiger partial charge is 0.00982 e. The zero-order chi connectivity index (χ0) is 10.7. The molecule has 0 amide bonds. The monoisotopic (exact) mass is 209 g/mol. The molecule has 0 aromatic carbocycles. The summed E-state index contributed by atoms with van der Waals surface area (Å²) >= 11 is 0. The molecule has 0 atom stereocenters. The van der Waals surface area contributed by atoms with E-state index in [0.717, 1.165) is 18.0 Å². The van der Waals surface area contributed by atoms with Gasteiger partial charge in [0.2, 0.25) is 0 Å². The number of hydrogen-bond acceptors (Lipinski definition) is 1. The molecule has 0 bridgehead atoms. The first-order valence-electron chi connectivity index (χ1n) is 7.07. The van der Waals surface area contributed by atoms with Crippen LogP contribution in [0.5, 0.6) is 0 Å². The predicted octanol–water partition coefficient (Wildman–Crippen LogP) is 3.83. The number of rotatable bonds is 3. The summed E-state index contributed by atoms with van der Waals surface area (Å²) in [5, 5.41) is 0. The average molecular weight is 209 g/mol. The van der Waals surface area contributed by atoms with E-state index in [1.54, 1.807) is 0 Å². The molecule has 0 heterocycles. The molecule has 2 rings (SSSR count). The van der Waals surface area contributed by atoms with Crippen LogP contribution in [0.15, 0.2) is 0 Å². The van der Waals surface area contributed by atoms with E-state index in [0.29, 0.717) is 0 Å². The van der Waals surface area contributed by atoms with Crippen molar-refractivity contribution in [2.75, 3.05) is 6.54 Å². The first-order chi connectivity index (χ1) is 7.31. The van der Waals surface area contributed by atoms with Crippen LogP contribution < -0.4 is 0 Å². The third kappa shape index (κ3) is 2.75. The van der Waals surface area contributed by atoms with Gasteiger partial charge in [-0.3, -0.25) is 4.90 Å². The topological polar surface area (TPSA) is 3.24 Å². The molecule has 0 radical (unpaired) electrons. The van der Waals surface area contributed by atoms with Crippen LogP contribution in [0.25, 0.3) is 0 Å². The van der Waals surface area contributed by atoms with E-state index in [1.807, 2.05) is 0 Å². The van der Waals surface area contributed by atoms with Gasteiger partial charge in [-0.2, -0.15) is 0 Å². The van der Waals surface area contributed by atoms with E-state index in [9.17, 15) is 0 Å². The van der Waals surface area contributed by atoms with Crippen LogP contribution in [-0.4, -0.2) is 23.5 Å². The normalized spacial score (nSPS) is 33.8. The lowest BCUT2D eigenvalue weighted by molar-refractivity contribution is 0.101. The van der Waals surface area contributed by atoms with Crippen LogP contribution in [-0.2, 0) is 0 Å². The van der Waals surface area contributed by atoms with Crippen LogP contribution in [0.2, 0.25) is 0 Å². The second kappa shape index (κ2) is 5.34. The molecule has 2 saturated carbocycles. The Morgan fingerprint density at radius 2 is 1.40 bits per heavy atom. The molecule has 1 heteroatoms. The Morgan fingerprint density at radius 3 is 1.93 bits per heavy atom. The molecule has 0 aromatic heterocycles. The van der Waals surface area contributed by atoms with Crippen LogP contribution in [0, 0.1) is 5.92 Å². The molecule has 0 aromatic rings. The maximum Gasteiger partial charge on any atom is 0.00982 e. The predicted molar refractivity (Wildman–Crippen MR) is 66.1 cm³/mol. The van der Waals surface area contributed by atoms with Crippen molar-refractivity contribution in [3.63, 3.8) is 0 Å². The van der Waals surface area contributed by atoms with Crippen molar-refractivity contribution < 1.29 is 0 Å². The highest BCUT2D eigenvalue weighted by molar-refractivity contribution is 4.84. The third-order valence-corrected chi connectivity index (χ3v) is 4.61. The van der Waals surface area contributed by atoms with Gasteiger partial charge in [0, 0.05) is 12.1 Å². The van der Waals surface area contributed by atoms with E-state index in [4.69, 9.17) is 0 Å². The third-order valence-electron chi connectivity index (χ3n) is 4.61. The molecule has 0 N–H and O–H groups in total. The Kier molecular flexibility index (Phi) is 4.07. The van der Waals surface area contributed by atoms with Crippen molar-refractivity contribution in [3.8, 4) is 0 Å². The highest BCUT2D eigenvalue weighted by Gasteiger charge is 2.29. The van der Waals surface area contributed by atoms with E-state index in [2.05, 4.69) is 18.7 Å². The lowest BCUT2D eigenvalue weighted by Crippen LogP contribution is -2.43. The summed E-state index contributed by atoms with van der Waals surface area (Å²) in [5.41, 5.74) is 0. The van der Waals surface area contributed by atoms with Gasteiger partial charge in [-0.1, -0.05) is 26.7 Å². The molecule has 2 aliphatic rings. The molecule has 2 fully saturated rings. The molecular formula is C14H27N. The van der Waals surface area contributed by atoms with E-state index < -0.39 is 0 Å². The molecule has 88 valence electrons. The van der Waals surface area contributed by atoms with Gasteiger partial charge in [0.15, 0.2) is 0 Å². The number of hydrogen-bond donors (Lipinski definition) is 0. The lowest BCUT2D eigenvalue weighted by atomic mass is 9.86. The zero-order valence-corrected chi connectivity index (χ0v) is 10.5. The van der Waals surface area contributed by atoms with Crippen LogP contribution in [0.1, 0.15) is 65.2 Å². The Bertz CT molecular complexity index is 176. The van der Waals surface area contributed by atoms with Crippen molar-refractivity contribution in [2.24, 2.45) is 5.92 Å². The Morgan fingerprint density at radius 1 is 0.867 bits per heavy atom. The second-order valence-electron chi connectivity index (χ2n) is 5.68. The summed E-state index contributed by atoms with van der Waals surface area (Å²) in [5.74, 6) is 0.989. The minimum atomic E-state index is 0.925. The second-order valence-corrected chi connectivity index (χ2v) is 5.68. The SMILES string of the molecule is CCN(C1CCCC1)[C@H]1CC[C@H](C)CC1. The molecule has 0 aliphatic heterocycles. The quantitative estimate of drug-likeness (QED) is 0.683. The fraction of sp³-hybridized carbons (Fsp3) is 1.00. The molecular weight excluding hydrogens is 182 g/mol. The summed E-state index contributed by atoms with van der Waals surface area (Å²) in [6, 6.07) is 1.86. The van der Waals surface area contributed by atoms with E-state index in [-0.39, 0.29) is 0 Å². The fourth-order valence-electron chi connectivity index (χ4n) is 3.62. The number of nitrogens with zero attached hydrogens (tertiary/aromatic N) is 1. The van der Waals surface area contributed by atoms with Gasteiger partial charge in [0.05, 0.1) is 0 Å². The van der Waals surface area contributed by atoms with Crippen molar-refractivity contribution in [2.45, 2.75) is 77.3 Å². The van der Waals surface area contributed by atoms with Gasteiger partial charge in [-0.25, -0.2) is 0 Å². The van der Waals surface area contributed by atoms with Gasteiger partial charge in [-0.05, 0) is 51.0 Å². The van der Waals surface area contributed by atoms with Gasteiger partial charge in [0.25, 0.3) is 0 Å². The van der Waals surface area contributed by atoms with Crippen molar-refractivity contribution >= 4 is 0 Å². The fourth-order valence-corrected chi connectivity index (χ4v) is 3.62. The Hall–Kier alpha value is -0.0400. The van der Waals surface area contributed by atoms with E-state index >= 15 is 0 Å². The summed E-state index contributed by atoms with van der Waals surface area (Å²) < 4.78 is 0. The molecule has 0 spiro atoms. The molecule has 2 aliphatic carbocycles. The van der Waals surface area contributed by atoms with Gasteiger partial charge in [-0.15, -0.1) is 0 Å². The van der Waals surface area contributed by atoms with Crippen molar-refractivity contribution in [1.82, 2.24) is 4.90 Å². The van der Waals surface area contributed by atoms with Crippen molar-refractivity contribution in [1.29, 1.82) is 0 Å². The maximum absolute atomic E-state index is 2.83. The van der Waals surface area contributed by atoms with Crippen molar-refractivity contribution in [3.05, 3.63) is 0 Å². The first-order valence-corrected chi connectivity index (χ1v) is 7.07. The van der Waals surface area contributed by atoms with Gasteiger partial charge in [0.1, 0.15) is 0 Å². The zero-order valence-electron chi connectivity index (χ0n) is 10.5. The first kappa shape index (κ1) is 11.4. The minimum absolute atomic E-state index is 0.925. The summed E-state index contributed by atoms with van der Waals surface area (Å²) in [6.07, 6.45) is 11.8. The minimum Gasteiger partial charge on any atom is -0.298 e.